The third-order valence-electron chi connectivity index (χ3n) is 5.56. The van der Waals surface area contributed by atoms with Crippen molar-refractivity contribution in [3.8, 4) is 11.1 Å². The molecule has 0 amide bonds. The average molecular weight is 355 g/mol. The van der Waals surface area contributed by atoms with Crippen molar-refractivity contribution in [2.24, 2.45) is 5.92 Å². The lowest BCUT2D eigenvalue weighted by molar-refractivity contribution is -0.00434. The van der Waals surface area contributed by atoms with Gasteiger partial charge in [-0.3, -0.25) is 9.69 Å². The molecule has 1 saturated heterocycles. The van der Waals surface area contributed by atoms with Crippen LogP contribution in [0.15, 0.2) is 84.9 Å². The van der Waals surface area contributed by atoms with E-state index in [9.17, 15) is 4.79 Å². The normalized spacial score (nSPS) is 19.7. The lowest BCUT2D eigenvalue weighted by Crippen LogP contribution is -2.55. The van der Waals surface area contributed by atoms with Gasteiger partial charge in [-0.2, -0.15) is 0 Å². The standard InChI is InChI=1S/C25H25NO/c1-18(2)26-17-23(24(26)21-11-7-4-8-12-21)25(27)22-15-13-20(14-16-22)19-9-5-3-6-10-19/h3-16,18,23-24H,17H2,1-2H3/t23-,24-/m1/s1. The molecule has 0 N–H and O–H groups in total. The Balaban J connectivity index is 1.57. The van der Waals surface area contributed by atoms with Gasteiger partial charge in [-0.05, 0) is 30.5 Å². The Bertz CT molecular complexity index is 900. The topological polar surface area (TPSA) is 20.3 Å². The molecule has 0 saturated carbocycles. The maximum absolute atomic E-state index is 13.2. The van der Waals surface area contributed by atoms with Crippen LogP contribution in [0.5, 0.6) is 0 Å². The summed E-state index contributed by atoms with van der Waals surface area (Å²) >= 11 is 0. The summed E-state index contributed by atoms with van der Waals surface area (Å²) in [6.45, 7) is 5.23. The molecular formula is C25H25NO. The molecule has 2 nitrogen and oxygen atoms in total. The molecule has 136 valence electrons. The second-order valence-electron chi connectivity index (χ2n) is 7.56. The molecule has 0 radical (unpaired) electrons. The Morgan fingerprint density at radius 1 is 0.815 bits per heavy atom. The number of ketones is 1. The van der Waals surface area contributed by atoms with Crippen LogP contribution in [0.1, 0.15) is 35.8 Å². The van der Waals surface area contributed by atoms with Crippen LogP contribution < -0.4 is 0 Å². The van der Waals surface area contributed by atoms with Crippen LogP contribution in [0.25, 0.3) is 11.1 Å². The molecule has 2 heteroatoms. The lowest BCUT2D eigenvalue weighted by atomic mass is 9.77. The van der Waals surface area contributed by atoms with Gasteiger partial charge in [0.15, 0.2) is 5.78 Å². The van der Waals surface area contributed by atoms with Crippen molar-refractivity contribution in [3.63, 3.8) is 0 Å². The first-order valence-corrected chi connectivity index (χ1v) is 9.65. The van der Waals surface area contributed by atoms with Gasteiger partial charge in [0.1, 0.15) is 0 Å². The van der Waals surface area contributed by atoms with Crippen molar-refractivity contribution in [2.75, 3.05) is 6.54 Å². The first-order chi connectivity index (χ1) is 13.1. The van der Waals surface area contributed by atoms with Gasteiger partial charge in [0.25, 0.3) is 0 Å². The Morgan fingerprint density at radius 3 is 1.96 bits per heavy atom. The van der Waals surface area contributed by atoms with Crippen LogP contribution >= 0.6 is 0 Å². The first kappa shape index (κ1) is 17.7. The molecule has 0 aromatic heterocycles. The van der Waals surface area contributed by atoms with E-state index in [2.05, 4.69) is 67.3 Å². The van der Waals surface area contributed by atoms with E-state index in [0.29, 0.717) is 6.04 Å². The minimum Gasteiger partial charge on any atom is -0.294 e. The molecule has 0 spiro atoms. The van der Waals surface area contributed by atoms with Crippen LogP contribution in [0.3, 0.4) is 0 Å². The summed E-state index contributed by atoms with van der Waals surface area (Å²) in [4.78, 5) is 15.6. The second-order valence-corrected chi connectivity index (χ2v) is 7.56. The number of nitrogens with zero attached hydrogens (tertiary/aromatic N) is 1. The molecule has 0 bridgehead atoms. The fourth-order valence-corrected chi connectivity index (χ4v) is 4.04. The highest BCUT2D eigenvalue weighted by Crippen LogP contribution is 2.42. The largest absolute Gasteiger partial charge is 0.294 e. The van der Waals surface area contributed by atoms with Gasteiger partial charge in [-0.15, -0.1) is 0 Å². The fraction of sp³-hybridized carbons (Fsp3) is 0.240. The van der Waals surface area contributed by atoms with E-state index in [1.807, 2.05) is 36.4 Å². The molecule has 27 heavy (non-hydrogen) atoms. The van der Waals surface area contributed by atoms with Crippen molar-refractivity contribution < 1.29 is 4.79 Å². The molecule has 4 rings (SSSR count). The minimum absolute atomic E-state index is 0.0253. The number of carbonyl (C=O) groups excluding carboxylic acids is 1. The van der Waals surface area contributed by atoms with E-state index in [-0.39, 0.29) is 17.7 Å². The van der Waals surface area contributed by atoms with Gasteiger partial charge < -0.3 is 0 Å². The molecule has 3 aromatic rings. The zero-order chi connectivity index (χ0) is 18.8. The summed E-state index contributed by atoms with van der Waals surface area (Å²) < 4.78 is 0. The number of Topliss-reactive ketones (excluding diaryl/α,β-unsaturated/α-hetero) is 1. The van der Waals surface area contributed by atoms with Crippen molar-refractivity contribution in [1.29, 1.82) is 0 Å². The quantitative estimate of drug-likeness (QED) is 0.554. The molecule has 2 atom stereocenters. The Hall–Kier alpha value is -2.71. The number of likely N-dealkylation sites (tertiary alicyclic amines) is 1. The zero-order valence-electron chi connectivity index (χ0n) is 15.9. The predicted molar refractivity (Wildman–Crippen MR) is 111 cm³/mol. The first-order valence-electron chi connectivity index (χ1n) is 9.65. The van der Waals surface area contributed by atoms with Gasteiger partial charge in [-0.1, -0.05) is 84.9 Å². The number of rotatable bonds is 5. The minimum atomic E-state index is 0.0253. The summed E-state index contributed by atoms with van der Waals surface area (Å²) in [5, 5.41) is 0. The SMILES string of the molecule is CC(C)N1C[C@@H](C(=O)c2ccc(-c3ccccc3)cc2)[C@H]1c1ccccc1. The molecule has 1 fully saturated rings. The average Bonchev–Trinajstić information content (AvgIpc) is 2.68. The molecule has 0 aliphatic carbocycles. The third kappa shape index (κ3) is 3.45. The highest BCUT2D eigenvalue weighted by molar-refractivity contribution is 5.99. The number of hydrogen-bond donors (Lipinski definition) is 0. The van der Waals surface area contributed by atoms with Crippen LogP contribution in [-0.4, -0.2) is 23.3 Å². The Morgan fingerprint density at radius 2 is 1.37 bits per heavy atom. The molecule has 3 aromatic carbocycles. The van der Waals surface area contributed by atoms with Crippen LogP contribution in [-0.2, 0) is 0 Å². The molecule has 1 aliphatic rings. The van der Waals surface area contributed by atoms with E-state index in [0.717, 1.165) is 17.7 Å². The summed E-state index contributed by atoms with van der Waals surface area (Å²) in [7, 11) is 0. The number of carbonyl (C=O) groups is 1. The van der Waals surface area contributed by atoms with Crippen molar-refractivity contribution in [2.45, 2.75) is 25.9 Å². The van der Waals surface area contributed by atoms with E-state index in [4.69, 9.17) is 0 Å². The molecule has 0 unspecified atom stereocenters. The molecule has 1 heterocycles. The van der Waals surface area contributed by atoms with Gasteiger partial charge in [0.2, 0.25) is 0 Å². The van der Waals surface area contributed by atoms with Crippen LogP contribution in [0.4, 0.5) is 0 Å². The number of benzene rings is 3. The summed E-state index contributed by atoms with van der Waals surface area (Å²) in [5.74, 6) is 0.276. The van der Waals surface area contributed by atoms with Gasteiger partial charge in [0.05, 0.1) is 5.92 Å². The van der Waals surface area contributed by atoms with Gasteiger partial charge in [0, 0.05) is 24.2 Å². The second kappa shape index (κ2) is 7.50. The smallest absolute Gasteiger partial charge is 0.169 e. The number of hydrogen-bond acceptors (Lipinski definition) is 2. The van der Waals surface area contributed by atoms with E-state index < -0.39 is 0 Å². The van der Waals surface area contributed by atoms with Crippen LogP contribution in [0, 0.1) is 5.92 Å². The van der Waals surface area contributed by atoms with Crippen molar-refractivity contribution in [3.05, 3.63) is 96.1 Å². The third-order valence-corrected chi connectivity index (χ3v) is 5.56. The summed E-state index contributed by atoms with van der Waals surface area (Å²) in [6.07, 6.45) is 0. The monoisotopic (exact) mass is 355 g/mol. The highest BCUT2D eigenvalue weighted by atomic mass is 16.1. The molecular weight excluding hydrogens is 330 g/mol. The van der Waals surface area contributed by atoms with E-state index in [1.54, 1.807) is 0 Å². The maximum Gasteiger partial charge on any atom is 0.169 e. The van der Waals surface area contributed by atoms with E-state index in [1.165, 1.54) is 11.1 Å². The van der Waals surface area contributed by atoms with Crippen molar-refractivity contribution in [1.82, 2.24) is 4.90 Å². The lowest BCUT2D eigenvalue weighted by Gasteiger charge is -2.50. The predicted octanol–water partition coefficient (Wildman–Crippen LogP) is 5.62. The van der Waals surface area contributed by atoms with Crippen molar-refractivity contribution >= 4 is 5.78 Å². The van der Waals surface area contributed by atoms with Gasteiger partial charge in [-0.25, -0.2) is 0 Å². The highest BCUT2D eigenvalue weighted by Gasteiger charge is 2.45. The maximum atomic E-state index is 13.2. The van der Waals surface area contributed by atoms with E-state index >= 15 is 0 Å². The summed E-state index contributed by atoms with van der Waals surface area (Å²) in [5.41, 5.74) is 4.36. The fourth-order valence-electron chi connectivity index (χ4n) is 4.04. The Kier molecular flexibility index (Phi) is 4.91. The van der Waals surface area contributed by atoms with Gasteiger partial charge >= 0.3 is 0 Å². The zero-order valence-corrected chi connectivity index (χ0v) is 15.9. The Labute approximate surface area is 161 Å². The van der Waals surface area contributed by atoms with Crippen LogP contribution in [0.2, 0.25) is 0 Å². The molecule has 1 aliphatic heterocycles. The summed E-state index contributed by atoms with van der Waals surface area (Å²) in [6, 6.07) is 29.4.